The van der Waals surface area contributed by atoms with Gasteiger partial charge in [0.15, 0.2) is 0 Å². The number of hydrogen-bond donors (Lipinski definition) is 1. The molecule has 0 spiro atoms. The lowest BCUT2D eigenvalue weighted by Crippen LogP contribution is -2.42. The number of carbonyl (C=O) groups excluding carboxylic acids is 1. The molecular weight excluding hydrogens is 364 g/mol. The first-order chi connectivity index (χ1) is 14.1. The number of carbonyl (C=O) groups is 1. The molecule has 6 heteroatoms. The van der Waals surface area contributed by atoms with Crippen LogP contribution in [0.4, 0.5) is 0 Å². The van der Waals surface area contributed by atoms with Crippen molar-refractivity contribution in [2.45, 2.75) is 25.9 Å². The van der Waals surface area contributed by atoms with Crippen molar-refractivity contribution in [3.05, 3.63) is 59.9 Å². The third-order valence-electron chi connectivity index (χ3n) is 5.75. The number of ether oxygens (including phenoxy) is 1. The van der Waals surface area contributed by atoms with Gasteiger partial charge in [-0.15, -0.1) is 0 Å². The Kier molecular flexibility index (Phi) is 5.81. The number of rotatable bonds is 6. The Labute approximate surface area is 171 Å². The van der Waals surface area contributed by atoms with Gasteiger partial charge in [0.05, 0.1) is 30.6 Å². The molecule has 1 fully saturated rings. The van der Waals surface area contributed by atoms with Crippen LogP contribution < -0.4 is 10.1 Å². The number of fused-ring (bicyclic) bond motifs is 1. The van der Waals surface area contributed by atoms with Gasteiger partial charge >= 0.3 is 0 Å². The van der Waals surface area contributed by atoms with Gasteiger partial charge in [0, 0.05) is 20.1 Å². The van der Waals surface area contributed by atoms with E-state index in [1.807, 2.05) is 42.5 Å². The van der Waals surface area contributed by atoms with E-state index in [2.05, 4.69) is 27.9 Å². The lowest BCUT2D eigenvalue weighted by molar-refractivity contribution is -0.127. The number of benzene rings is 2. The van der Waals surface area contributed by atoms with E-state index in [4.69, 9.17) is 9.72 Å². The zero-order valence-corrected chi connectivity index (χ0v) is 17.1. The van der Waals surface area contributed by atoms with Crippen molar-refractivity contribution >= 4 is 16.9 Å². The summed E-state index contributed by atoms with van der Waals surface area (Å²) in [6, 6.07) is 16.0. The van der Waals surface area contributed by atoms with Gasteiger partial charge in [-0.2, -0.15) is 0 Å². The van der Waals surface area contributed by atoms with E-state index in [9.17, 15) is 4.79 Å². The summed E-state index contributed by atoms with van der Waals surface area (Å²) in [5.41, 5.74) is 3.25. The van der Waals surface area contributed by atoms with E-state index in [0.29, 0.717) is 6.54 Å². The predicted molar refractivity (Wildman–Crippen MR) is 114 cm³/mol. The van der Waals surface area contributed by atoms with Crippen molar-refractivity contribution in [2.75, 3.05) is 20.2 Å². The van der Waals surface area contributed by atoms with Crippen LogP contribution in [0.1, 0.15) is 24.2 Å². The lowest BCUT2D eigenvalue weighted by atomic mass is 9.97. The highest BCUT2D eigenvalue weighted by Gasteiger charge is 2.26. The van der Waals surface area contributed by atoms with E-state index >= 15 is 0 Å². The highest BCUT2D eigenvalue weighted by Crippen LogP contribution is 2.21. The Morgan fingerprint density at radius 2 is 2.00 bits per heavy atom. The monoisotopic (exact) mass is 392 g/mol. The molecule has 6 nitrogen and oxygen atoms in total. The van der Waals surface area contributed by atoms with Crippen molar-refractivity contribution in [2.24, 2.45) is 13.0 Å². The molecule has 1 aliphatic heterocycles. The van der Waals surface area contributed by atoms with Gasteiger partial charge in [-0.25, -0.2) is 4.98 Å². The molecule has 152 valence electrons. The number of nitrogens with one attached hydrogen (secondary N) is 1. The second-order valence-corrected chi connectivity index (χ2v) is 7.72. The maximum absolute atomic E-state index is 12.7. The van der Waals surface area contributed by atoms with Gasteiger partial charge in [-0.1, -0.05) is 24.3 Å². The first-order valence-corrected chi connectivity index (χ1v) is 10.2. The molecule has 1 N–H and O–H groups in total. The van der Waals surface area contributed by atoms with Crippen molar-refractivity contribution in [1.82, 2.24) is 19.8 Å². The normalized spacial score (nSPS) is 17.4. The van der Waals surface area contributed by atoms with Crippen molar-refractivity contribution in [1.29, 1.82) is 0 Å². The minimum absolute atomic E-state index is 0.0247. The topological polar surface area (TPSA) is 59.4 Å². The van der Waals surface area contributed by atoms with E-state index in [0.717, 1.165) is 60.6 Å². The molecule has 29 heavy (non-hydrogen) atoms. The van der Waals surface area contributed by atoms with Crippen LogP contribution in [0.25, 0.3) is 11.0 Å². The highest BCUT2D eigenvalue weighted by molar-refractivity contribution is 5.79. The molecule has 4 rings (SSSR count). The largest absolute Gasteiger partial charge is 0.497 e. The van der Waals surface area contributed by atoms with Crippen LogP contribution in [0.3, 0.4) is 0 Å². The summed E-state index contributed by atoms with van der Waals surface area (Å²) in [6.07, 6.45) is 1.97. The number of hydrogen-bond acceptors (Lipinski definition) is 4. The minimum Gasteiger partial charge on any atom is -0.497 e. The van der Waals surface area contributed by atoms with Crippen LogP contribution in [-0.4, -0.2) is 40.6 Å². The summed E-state index contributed by atoms with van der Waals surface area (Å²) in [4.78, 5) is 19.8. The Balaban J connectivity index is 1.34. The van der Waals surface area contributed by atoms with Gasteiger partial charge in [0.2, 0.25) is 5.91 Å². The smallest absolute Gasteiger partial charge is 0.224 e. The van der Waals surface area contributed by atoms with Crippen LogP contribution in [0.2, 0.25) is 0 Å². The SMILES string of the molecule is COc1ccc(CNC(=O)[C@H]2CCCN(Cc3nc4ccccc4n3C)C2)cc1. The number of imidazole rings is 1. The van der Waals surface area contributed by atoms with Gasteiger partial charge in [-0.3, -0.25) is 9.69 Å². The molecule has 1 saturated heterocycles. The molecule has 3 aromatic rings. The molecule has 0 aliphatic carbocycles. The standard InChI is InChI=1S/C23H28N4O2/c1-26-21-8-4-3-7-20(21)25-22(26)16-27-13-5-6-18(15-27)23(28)24-14-17-9-11-19(29-2)12-10-17/h3-4,7-12,18H,5-6,13-16H2,1-2H3,(H,24,28)/t18-/m0/s1. The van der Waals surface area contributed by atoms with Crippen LogP contribution in [0, 0.1) is 5.92 Å². The van der Waals surface area contributed by atoms with E-state index in [-0.39, 0.29) is 11.8 Å². The lowest BCUT2D eigenvalue weighted by Gasteiger charge is -2.31. The van der Waals surface area contributed by atoms with Crippen molar-refractivity contribution in [3.63, 3.8) is 0 Å². The predicted octanol–water partition coefficient (Wildman–Crippen LogP) is 3.11. The summed E-state index contributed by atoms with van der Waals surface area (Å²) in [5.74, 6) is 2.03. The number of aryl methyl sites for hydroxylation is 1. The fourth-order valence-electron chi connectivity index (χ4n) is 4.03. The Morgan fingerprint density at radius 3 is 2.76 bits per heavy atom. The zero-order chi connectivity index (χ0) is 20.2. The number of likely N-dealkylation sites (tertiary alicyclic amines) is 1. The Hall–Kier alpha value is -2.86. The zero-order valence-electron chi connectivity index (χ0n) is 17.1. The first kappa shape index (κ1) is 19.5. The number of para-hydroxylation sites is 2. The maximum atomic E-state index is 12.7. The van der Waals surface area contributed by atoms with Gasteiger partial charge in [-0.05, 0) is 49.2 Å². The van der Waals surface area contributed by atoms with Crippen molar-refractivity contribution < 1.29 is 9.53 Å². The summed E-state index contributed by atoms with van der Waals surface area (Å²) >= 11 is 0. The molecule has 0 unspecified atom stereocenters. The third kappa shape index (κ3) is 4.43. The quantitative estimate of drug-likeness (QED) is 0.700. The average Bonchev–Trinajstić information content (AvgIpc) is 3.08. The van der Waals surface area contributed by atoms with E-state index < -0.39 is 0 Å². The van der Waals surface area contributed by atoms with Gasteiger partial charge in [0.25, 0.3) is 0 Å². The molecule has 1 atom stereocenters. The molecule has 2 heterocycles. The van der Waals surface area contributed by atoms with Crippen LogP contribution in [0.5, 0.6) is 5.75 Å². The highest BCUT2D eigenvalue weighted by atomic mass is 16.5. The second-order valence-electron chi connectivity index (χ2n) is 7.72. The third-order valence-corrected chi connectivity index (χ3v) is 5.75. The molecule has 1 aliphatic rings. The number of aromatic nitrogens is 2. The summed E-state index contributed by atoms with van der Waals surface area (Å²) < 4.78 is 7.33. The first-order valence-electron chi connectivity index (χ1n) is 10.2. The molecular formula is C23H28N4O2. The number of amides is 1. The van der Waals surface area contributed by atoms with Crippen LogP contribution >= 0.6 is 0 Å². The Bertz CT molecular complexity index is 980. The average molecular weight is 393 g/mol. The molecule has 1 amide bonds. The molecule has 0 bridgehead atoms. The molecule has 0 radical (unpaired) electrons. The van der Waals surface area contributed by atoms with Gasteiger partial charge in [0.1, 0.15) is 11.6 Å². The number of piperidine rings is 1. The molecule has 1 aromatic heterocycles. The molecule has 2 aromatic carbocycles. The van der Waals surface area contributed by atoms with Crippen LogP contribution in [0.15, 0.2) is 48.5 Å². The van der Waals surface area contributed by atoms with E-state index in [1.165, 1.54) is 0 Å². The summed E-state index contributed by atoms with van der Waals surface area (Å²) in [7, 11) is 3.72. The summed E-state index contributed by atoms with van der Waals surface area (Å²) in [5, 5.41) is 3.10. The van der Waals surface area contributed by atoms with Gasteiger partial charge < -0.3 is 14.6 Å². The Morgan fingerprint density at radius 1 is 1.21 bits per heavy atom. The molecule has 0 saturated carbocycles. The van der Waals surface area contributed by atoms with Crippen molar-refractivity contribution in [3.8, 4) is 5.75 Å². The maximum Gasteiger partial charge on any atom is 0.224 e. The minimum atomic E-state index is 0.0247. The number of methoxy groups -OCH3 is 1. The fourth-order valence-corrected chi connectivity index (χ4v) is 4.03. The second kappa shape index (κ2) is 8.66. The summed E-state index contributed by atoms with van der Waals surface area (Å²) in [6.45, 7) is 3.10. The van der Waals surface area contributed by atoms with Crippen LogP contribution in [-0.2, 0) is 24.9 Å². The fraction of sp³-hybridized carbons (Fsp3) is 0.391. The van der Waals surface area contributed by atoms with E-state index in [1.54, 1.807) is 7.11 Å². The number of nitrogens with zero attached hydrogens (tertiary/aromatic N) is 3.